The van der Waals surface area contributed by atoms with E-state index < -0.39 is 29.5 Å². The van der Waals surface area contributed by atoms with Crippen molar-refractivity contribution in [3.63, 3.8) is 0 Å². The highest BCUT2D eigenvalue weighted by atomic mass is 19.4. The summed E-state index contributed by atoms with van der Waals surface area (Å²) < 4.78 is 37.9. The number of nitro groups is 1. The van der Waals surface area contributed by atoms with Crippen molar-refractivity contribution in [2.45, 2.75) is 6.18 Å². The predicted octanol–water partition coefficient (Wildman–Crippen LogP) is 2.04. The van der Waals surface area contributed by atoms with Gasteiger partial charge in [0, 0.05) is 11.8 Å². The van der Waals surface area contributed by atoms with E-state index in [-0.39, 0.29) is 16.8 Å². The second-order valence-electron chi connectivity index (χ2n) is 4.61. The zero-order valence-corrected chi connectivity index (χ0v) is 11.4. The van der Waals surface area contributed by atoms with Gasteiger partial charge in [0.25, 0.3) is 5.69 Å². The predicted molar refractivity (Wildman–Crippen MR) is 77.6 cm³/mol. The second-order valence-corrected chi connectivity index (χ2v) is 4.61. The number of rotatable bonds is 4. The SMILES string of the molecule is O=[N+]([O-])c1cc(C(F)(F)F)ccc1Nc1cccc(B(O)O)c1. The molecule has 0 saturated heterocycles. The highest BCUT2D eigenvalue weighted by Crippen LogP contribution is 2.35. The lowest BCUT2D eigenvalue weighted by Gasteiger charge is -2.11. The molecule has 3 N–H and O–H groups in total. The van der Waals surface area contributed by atoms with Crippen molar-refractivity contribution in [2.75, 3.05) is 5.32 Å². The van der Waals surface area contributed by atoms with Gasteiger partial charge in [-0.2, -0.15) is 13.2 Å². The number of nitrogens with zero attached hydrogens (tertiary/aromatic N) is 1. The van der Waals surface area contributed by atoms with Crippen molar-refractivity contribution in [1.29, 1.82) is 0 Å². The van der Waals surface area contributed by atoms with Crippen molar-refractivity contribution in [3.8, 4) is 0 Å². The lowest BCUT2D eigenvalue weighted by molar-refractivity contribution is -0.384. The Balaban J connectivity index is 2.40. The van der Waals surface area contributed by atoms with Gasteiger partial charge in [0.2, 0.25) is 0 Å². The number of anilines is 2. The monoisotopic (exact) mass is 326 g/mol. The van der Waals surface area contributed by atoms with Gasteiger partial charge in [-0.3, -0.25) is 10.1 Å². The topological polar surface area (TPSA) is 95.6 Å². The van der Waals surface area contributed by atoms with E-state index in [2.05, 4.69) is 5.32 Å². The van der Waals surface area contributed by atoms with Crippen LogP contribution >= 0.6 is 0 Å². The van der Waals surface area contributed by atoms with E-state index in [0.29, 0.717) is 6.07 Å². The molecule has 2 aromatic carbocycles. The number of hydrogen-bond acceptors (Lipinski definition) is 5. The summed E-state index contributed by atoms with van der Waals surface area (Å²) in [5.41, 5.74) is -1.63. The Kier molecular flexibility index (Phi) is 4.57. The minimum atomic E-state index is -4.69. The highest BCUT2D eigenvalue weighted by Gasteiger charge is 2.33. The molecule has 0 fully saturated rings. The van der Waals surface area contributed by atoms with Crippen LogP contribution in [-0.4, -0.2) is 22.1 Å². The molecule has 120 valence electrons. The van der Waals surface area contributed by atoms with Crippen molar-refractivity contribution >= 4 is 29.6 Å². The number of halogens is 3. The van der Waals surface area contributed by atoms with Crippen LogP contribution in [0.15, 0.2) is 42.5 Å². The first-order chi connectivity index (χ1) is 10.7. The molecular weight excluding hydrogens is 316 g/mol. The van der Waals surface area contributed by atoms with Crippen molar-refractivity contribution < 1.29 is 28.1 Å². The fourth-order valence-electron chi connectivity index (χ4n) is 1.90. The molecule has 0 aliphatic rings. The molecule has 2 aromatic rings. The van der Waals surface area contributed by atoms with Crippen LogP contribution in [-0.2, 0) is 6.18 Å². The van der Waals surface area contributed by atoms with Crippen LogP contribution in [0.25, 0.3) is 0 Å². The fourth-order valence-corrected chi connectivity index (χ4v) is 1.90. The maximum Gasteiger partial charge on any atom is 0.488 e. The molecule has 10 heteroatoms. The van der Waals surface area contributed by atoms with E-state index in [1.54, 1.807) is 0 Å². The summed E-state index contributed by atoms with van der Waals surface area (Å²) in [5.74, 6) is 0. The molecule has 23 heavy (non-hydrogen) atoms. The van der Waals surface area contributed by atoms with E-state index in [9.17, 15) is 23.3 Å². The second kappa shape index (κ2) is 6.27. The minimum absolute atomic E-state index is 0.129. The number of hydrogen-bond donors (Lipinski definition) is 3. The van der Waals surface area contributed by atoms with Crippen LogP contribution in [0.5, 0.6) is 0 Å². The summed E-state index contributed by atoms with van der Waals surface area (Å²) in [6.07, 6.45) is -4.69. The van der Waals surface area contributed by atoms with Crippen LogP contribution in [0.3, 0.4) is 0 Å². The Morgan fingerprint density at radius 2 is 1.83 bits per heavy atom. The van der Waals surface area contributed by atoms with Crippen molar-refractivity contribution in [1.82, 2.24) is 0 Å². The van der Waals surface area contributed by atoms with Gasteiger partial charge < -0.3 is 15.4 Å². The third-order valence-corrected chi connectivity index (χ3v) is 2.99. The summed E-state index contributed by atoms with van der Waals surface area (Å²) in [5, 5.41) is 31.7. The Hall–Kier alpha value is -2.59. The Labute approximate surface area is 128 Å². The first-order valence-electron chi connectivity index (χ1n) is 6.27. The molecule has 0 amide bonds. The molecule has 0 unspecified atom stereocenters. The van der Waals surface area contributed by atoms with Crippen LogP contribution < -0.4 is 10.8 Å². The lowest BCUT2D eigenvalue weighted by atomic mass is 9.80. The third kappa shape index (κ3) is 3.99. The average molecular weight is 326 g/mol. The summed E-state index contributed by atoms with van der Waals surface area (Å²) in [7, 11) is -1.74. The fraction of sp³-hybridized carbons (Fsp3) is 0.0769. The number of benzene rings is 2. The van der Waals surface area contributed by atoms with Gasteiger partial charge >= 0.3 is 13.3 Å². The molecule has 6 nitrogen and oxygen atoms in total. The Morgan fingerprint density at radius 3 is 2.39 bits per heavy atom. The number of nitro benzene ring substituents is 1. The molecular formula is C13H10BF3N2O4. The average Bonchev–Trinajstić information content (AvgIpc) is 2.46. The quantitative estimate of drug-likeness (QED) is 0.454. The van der Waals surface area contributed by atoms with E-state index in [1.165, 1.54) is 24.3 Å². The van der Waals surface area contributed by atoms with Gasteiger partial charge in [-0.25, -0.2) is 0 Å². The van der Waals surface area contributed by atoms with Crippen LogP contribution in [0.1, 0.15) is 5.56 Å². The van der Waals surface area contributed by atoms with Crippen LogP contribution in [0, 0.1) is 10.1 Å². The Bertz CT molecular complexity index is 737. The van der Waals surface area contributed by atoms with Gasteiger partial charge in [0.05, 0.1) is 10.5 Å². The minimum Gasteiger partial charge on any atom is -0.423 e. The molecule has 0 aromatic heterocycles. The van der Waals surface area contributed by atoms with Gasteiger partial charge in [-0.05, 0) is 29.7 Å². The number of nitrogens with one attached hydrogen (secondary N) is 1. The summed E-state index contributed by atoms with van der Waals surface area (Å²) in [6.45, 7) is 0. The maximum atomic E-state index is 12.6. The highest BCUT2D eigenvalue weighted by molar-refractivity contribution is 6.58. The van der Waals surface area contributed by atoms with Crippen LogP contribution in [0.2, 0.25) is 0 Å². The van der Waals surface area contributed by atoms with Crippen molar-refractivity contribution in [3.05, 3.63) is 58.1 Å². The van der Waals surface area contributed by atoms with E-state index >= 15 is 0 Å². The standard InChI is InChI=1S/C13H10BF3N2O4/c15-13(16,17)8-4-5-11(12(6-8)19(22)23)18-10-3-1-2-9(7-10)14(20)21/h1-7,18,20-21H. The summed E-state index contributed by atoms with van der Waals surface area (Å²) >= 11 is 0. The van der Waals surface area contributed by atoms with Gasteiger partial charge in [0.15, 0.2) is 0 Å². The van der Waals surface area contributed by atoms with Gasteiger partial charge in [-0.15, -0.1) is 0 Å². The van der Waals surface area contributed by atoms with Crippen LogP contribution in [0.4, 0.5) is 30.2 Å². The molecule has 0 saturated carbocycles. The Morgan fingerprint density at radius 1 is 1.13 bits per heavy atom. The van der Waals surface area contributed by atoms with E-state index in [4.69, 9.17) is 10.0 Å². The molecule has 0 aliphatic carbocycles. The molecule has 0 atom stereocenters. The maximum absolute atomic E-state index is 12.6. The summed E-state index contributed by atoms with van der Waals surface area (Å²) in [6, 6.07) is 7.78. The molecule has 2 rings (SSSR count). The molecule has 0 spiro atoms. The smallest absolute Gasteiger partial charge is 0.423 e. The normalized spacial score (nSPS) is 11.2. The van der Waals surface area contributed by atoms with Gasteiger partial charge in [-0.1, -0.05) is 12.1 Å². The molecule has 0 bridgehead atoms. The molecule has 0 radical (unpaired) electrons. The first kappa shape index (κ1) is 16.8. The zero-order chi connectivity index (χ0) is 17.2. The van der Waals surface area contributed by atoms with Gasteiger partial charge in [0.1, 0.15) is 5.69 Å². The number of alkyl halides is 3. The largest absolute Gasteiger partial charge is 0.488 e. The van der Waals surface area contributed by atoms with Crippen molar-refractivity contribution in [2.24, 2.45) is 0 Å². The summed E-state index contributed by atoms with van der Waals surface area (Å²) in [4.78, 5) is 10.1. The molecule has 0 aliphatic heterocycles. The zero-order valence-electron chi connectivity index (χ0n) is 11.4. The molecule has 0 heterocycles. The lowest BCUT2D eigenvalue weighted by Crippen LogP contribution is -2.29. The first-order valence-corrected chi connectivity index (χ1v) is 6.27. The third-order valence-electron chi connectivity index (χ3n) is 2.99. The van der Waals surface area contributed by atoms with E-state index in [1.807, 2.05) is 0 Å². The van der Waals surface area contributed by atoms with E-state index in [0.717, 1.165) is 12.1 Å².